The molecule has 0 spiro atoms. The Bertz CT molecular complexity index is 682. The topological polar surface area (TPSA) is 84.9 Å². The van der Waals surface area contributed by atoms with Crippen LogP contribution in [0.5, 0.6) is 5.75 Å². The fourth-order valence-electron chi connectivity index (χ4n) is 3.32. The number of esters is 1. The highest BCUT2D eigenvalue weighted by molar-refractivity contribution is 6.01. The molecule has 26 heavy (non-hydrogen) atoms. The van der Waals surface area contributed by atoms with Crippen molar-refractivity contribution >= 4 is 23.5 Å². The van der Waals surface area contributed by atoms with Gasteiger partial charge in [0.05, 0.1) is 5.69 Å². The van der Waals surface area contributed by atoms with Crippen LogP contribution in [0.4, 0.5) is 5.69 Å². The molecule has 1 heterocycles. The molecule has 2 aliphatic rings. The number of fused-ring (bicyclic) bond motifs is 1. The van der Waals surface area contributed by atoms with Gasteiger partial charge in [-0.25, -0.2) is 0 Å². The summed E-state index contributed by atoms with van der Waals surface area (Å²) in [6.07, 6.45) is 4.12. The van der Waals surface area contributed by atoms with Crippen molar-refractivity contribution in [2.75, 3.05) is 24.7 Å². The first-order chi connectivity index (χ1) is 12.5. The number of ether oxygens (including phenoxy) is 2. The second kappa shape index (κ2) is 8.21. The van der Waals surface area contributed by atoms with Gasteiger partial charge in [0.25, 0.3) is 11.8 Å². The van der Waals surface area contributed by atoms with Crippen LogP contribution in [0.2, 0.25) is 0 Å². The van der Waals surface area contributed by atoms with Crippen LogP contribution in [-0.2, 0) is 19.1 Å². The Morgan fingerprint density at radius 2 is 1.96 bits per heavy atom. The number of nitrogens with one attached hydrogen (secondary N) is 1. The number of amides is 2. The molecule has 140 valence electrons. The average Bonchev–Trinajstić information content (AvgIpc) is 2.64. The van der Waals surface area contributed by atoms with E-state index in [0.29, 0.717) is 17.4 Å². The van der Waals surface area contributed by atoms with Crippen LogP contribution in [0.15, 0.2) is 24.3 Å². The van der Waals surface area contributed by atoms with E-state index in [1.165, 1.54) is 4.90 Å². The lowest BCUT2D eigenvalue weighted by molar-refractivity contribution is -0.148. The van der Waals surface area contributed by atoms with E-state index in [9.17, 15) is 14.4 Å². The third-order valence-electron chi connectivity index (χ3n) is 4.84. The summed E-state index contributed by atoms with van der Waals surface area (Å²) in [6, 6.07) is 7.15. The molecule has 0 bridgehead atoms. The van der Waals surface area contributed by atoms with Crippen LogP contribution in [0.1, 0.15) is 32.6 Å². The molecule has 1 fully saturated rings. The summed E-state index contributed by atoms with van der Waals surface area (Å²) in [7, 11) is 0. The molecule has 0 saturated heterocycles. The Morgan fingerprint density at radius 1 is 1.23 bits per heavy atom. The number of hydrogen-bond donors (Lipinski definition) is 1. The summed E-state index contributed by atoms with van der Waals surface area (Å²) in [6.45, 7) is 1.52. The second-order valence-electron chi connectivity index (χ2n) is 6.92. The third-order valence-corrected chi connectivity index (χ3v) is 4.84. The van der Waals surface area contributed by atoms with Gasteiger partial charge in [-0.05, 0) is 43.7 Å². The number of hydrogen-bond acceptors (Lipinski definition) is 5. The number of benzene rings is 1. The second-order valence-corrected chi connectivity index (χ2v) is 6.92. The molecule has 0 unspecified atom stereocenters. The summed E-state index contributed by atoms with van der Waals surface area (Å²) < 4.78 is 10.4. The summed E-state index contributed by atoms with van der Waals surface area (Å²) >= 11 is 0. The first-order valence-electron chi connectivity index (χ1n) is 9.00. The maximum absolute atomic E-state index is 12.1. The number of carbonyl (C=O) groups is 3. The van der Waals surface area contributed by atoms with Gasteiger partial charge in [-0.1, -0.05) is 19.1 Å². The fraction of sp³-hybridized carbons (Fsp3) is 0.526. The van der Waals surface area contributed by atoms with Crippen molar-refractivity contribution in [3.8, 4) is 5.75 Å². The molecular formula is C19H24N2O5. The maximum Gasteiger partial charge on any atom is 0.326 e. The van der Waals surface area contributed by atoms with Gasteiger partial charge in [-0.15, -0.1) is 0 Å². The van der Waals surface area contributed by atoms with Crippen molar-refractivity contribution < 1.29 is 23.9 Å². The van der Waals surface area contributed by atoms with Crippen molar-refractivity contribution in [3.05, 3.63) is 24.3 Å². The standard InChI is InChI=1S/C19H24N2O5/c1-13-6-8-14(9-7-13)20-17(22)11-26-19(24)10-21-15-4-2-3-5-16(15)25-12-18(21)23/h2-5,13-14H,6-12H2,1H3,(H,20,22). The molecular weight excluding hydrogens is 336 g/mol. The Hall–Kier alpha value is -2.57. The van der Waals surface area contributed by atoms with E-state index >= 15 is 0 Å². The third kappa shape index (κ3) is 4.53. The van der Waals surface area contributed by atoms with Gasteiger partial charge in [0.2, 0.25) is 0 Å². The molecule has 0 atom stereocenters. The van der Waals surface area contributed by atoms with E-state index in [2.05, 4.69) is 12.2 Å². The molecule has 2 amide bonds. The van der Waals surface area contributed by atoms with Gasteiger partial charge >= 0.3 is 5.97 Å². The predicted octanol–water partition coefficient (Wildman–Crippen LogP) is 1.65. The Balaban J connectivity index is 1.47. The van der Waals surface area contributed by atoms with Gasteiger partial charge in [0.15, 0.2) is 13.2 Å². The minimum atomic E-state index is -0.623. The van der Waals surface area contributed by atoms with E-state index in [4.69, 9.17) is 9.47 Å². The van der Waals surface area contributed by atoms with Gasteiger partial charge in [-0.3, -0.25) is 19.3 Å². The molecule has 7 nitrogen and oxygen atoms in total. The van der Waals surface area contributed by atoms with Gasteiger partial charge < -0.3 is 14.8 Å². The number of para-hydroxylation sites is 2. The summed E-state index contributed by atoms with van der Waals surface area (Å²) in [5.74, 6) is 0.00888. The maximum atomic E-state index is 12.1. The van der Waals surface area contributed by atoms with Crippen molar-refractivity contribution in [1.82, 2.24) is 5.32 Å². The first kappa shape index (κ1) is 18.2. The Morgan fingerprint density at radius 3 is 2.73 bits per heavy atom. The monoisotopic (exact) mass is 360 g/mol. The van der Waals surface area contributed by atoms with Gasteiger partial charge in [0.1, 0.15) is 12.3 Å². The minimum absolute atomic E-state index is 0.120. The van der Waals surface area contributed by atoms with Crippen LogP contribution in [-0.4, -0.2) is 43.6 Å². The van der Waals surface area contributed by atoms with Crippen LogP contribution >= 0.6 is 0 Å². The number of nitrogens with zero attached hydrogens (tertiary/aromatic N) is 1. The van der Waals surface area contributed by atoms with Crippen LogP contribution in [0.3, 0.4) is 0 Å². The van der Waals surface area contributed by atoms with E-state index < -0.39 is 5.97 Å². The zero-order chi connectivity index (χ0) is 18.5. The zero-order valence-corrected chi connectivity index (χ0v) is 14.9. The highest BCUT2D eigenvalue weighted by Crippen LogP contribution is 2.31. The number of anilines is 1. The number of rotatable bonds is 5. The van der Waals surface area contributed by atoms with E-state index in [-0.39, 0.29) is 37.6 Å². The fourth-order valence-corrected chi connectivity index (χ4v) is 3.32. The van der Waals surface area contributed by atoms with E-state index in [1.807, 2.05) is 0 Å². The average molecular weight is 360 g/mol. The number of carbonyl (C=O) groups excluding carboxylic acids is 3. The summed E-state index contributed by atoms with van der Waals surface area (Å²) in [4.78, 5) is 37.4. The first-order valence-corrected chi connectivity index (χ1v) is 9.00. The minimum Gasteiger partial charge on any atom is -0.482 e. The van der Waals surface area contributed by atoms with Gasteiger partial charge in [-0.2, -0.15) is 0 Å². The molecule has 1 N–H and O–H groups in total. The van der Waals surface area contributed by atoms with Crippen molar-refractivity contribution in [2.24, 2.45) is 5.92 Å². The lowest BCUT2D eigenvalue weighted by atomic mass is 9.87. The normalized spacial score (nSPS) is 22.2. The zero-order valence-electron chi connectivity index (χ0n) is 14.9. The largest absolute Gasteiger partial charge is 0.482 e. The summed E-state index contributed by atoms with van der Waals surface area (Å²) in [5.41, 5.74) is 0.529. The quantitative estimate of drug-likeness (QED) is 0.807. The molecule has 1 aromatic carbocycles. The van der Waals surface area contributed by atoms with Gasteiger partial charge in [0, 0.05) is 6.04 Å². The van der Waals surface area contributed by atoms with Crippen LogP contribution in [0, 0.1) is 5.92 Å². The molecule has 3 rings (SSSR count). The van der Waals surface area contributed by atoms with Crippen molar-refractivity contribution in [3.63, 3.8) is 0 Å². The molecule has 1 saturated carbocycles. The highest BCUT2D eigenvalue weighted by Gasteiger charge is 2.28. The molecule has 0 aromatic heterocycles. The molecule has 1 aliphatic carbocycles. The molecule has 1 aromatic rings. The Labute approximate surface area is 152 Å². The molecule has 0 radical (unpaired) electrons. The SMILES string of the molecule is CC1CCC(NC(=O)COC(=O)CN2C(=O)COc3ccccc32)CC1. The van der Waals surface area contributed by atoms with Crippen LogP contribution in [0.25, 0.3) is 0 Å². The smallest absolute Gasteiger partial charge is 0.326 e. The van der Waals surface area contributed by atoms with E-state index in [1.54, 1.807) is 24.3 Å². The molecule has 7 heteroatoms. The lowest BCUT2D eigenvalue weighted by Gasteiger charge is -2.28. The van der Waals surface area contributed by atoms with Crippen molar-refractivity contribution in [2.45, 2.75) is 38.6 Å². The van der Waals surface area contributed by atoms with E-state index in [0.717, 1.165) is 25.7 Å². The van der Waals surface area contributed by atoms with Crippen LogP contribution < -0.4 is 15.0 Å². The van der Waals surface area contributed by atoms with Crippen molar-refractivity contribution in [1.29, 1.82) is 0 Å². The lowest BCUT2D eigenvalue weighted by Crippen LogP contribution is -2.43. The Kier molecular flexibility index (Phi) is 5.75. The predicted molar refractivity (Wildman–Crippen MR) is 94.8 cm³/mol. The highest BCUT2D eigenvalue weighted by atomic mass is 16.5. The summed E-state index contributed by atoms with van der Waals surface area (Å²) in [5, 5.41) is 2.91. The molecule has 1 aliphatic heterocycles.